The lowest BCUT2D eigenvalue weighted by molar-refractivity contribution is -0.150. The Balaban J connectivity index is 1.41. The van der Waals surface area contributed by atoms with E-state index in [-0.39, 0.29) is 23.8 Å². The van der Waals surface area contributed by atoms with Gasteiger partial charge in [0, 0.05) is 17.2 Å². The van der Waals surface area contributed by atoms with Crippen LogP contribution in [-0.4, -0.2) is 51.3 Å². The Morgan fingerprint density at radius 3 is 2.20 bits per heavy atom. The monoisotopic (exact) mass is 423 g/mol. The summed E-state index contributed by atoms with van der Waals surface area (Å²) >= 11 is 1.62. The number of ether oxygens (including phenoxy) is 1. The molecule has 0 radical (unpaired) electrons. The topological polar surface area (TPSA) is 66.8 Å². The van der Waals surface area contributed by atoms with Crippen molar-refractivity contribution in [1.29, 1.82) is 0 Å². The van der Waals surface area contributed by atoms with Gasteiger partial charge in [-0.25, -0.2) is 9.59 Å². The zero-order valence-corrected chi connectivity index (χ0v) is 17.7. The molecule has 1 heterocycles. The maximum absolute atomic E-state index is 13.3. The highest BCUT2D eigenvalue weighted by Gasteiger charge is 2.58. The number of carboxylic acid groups (broad SMARTS) is 1. The summed E-state index contributed by atoms with van der Waals surface area (Å²) in [5, 5.41) is 9.95. The summed E-state index contributed by atoms with van der Waals surface area (Å²) in [6.07, 6.45) is 1.67. The highest BCUT2D eigenvalue weighted by atomic mass is 32.2. The average Bonchev–Trinajstić information content (AvgIpc) is 3.42. The van der Waals surface area contributed by atoms with E-state index in [4.69, 9.17) is 4.74 Å². The van der Waals surface area contributed by atoms with Crippen LogP contribution in [-0.2, 0) is 9.53 Å². The third-order valence-corrected chi connectivity index (χ3v) is 8.10. The van der Waals surface area contributed by atoms with Crippen LogP contribution in [0, 0.1) is 0 Å². The number of thioether (sulfide) groups is 1. The van der Waals surface area contributed by atoms with Crippen molar-refractivity contribution in [1.82, 2.24) is 4.90 Å². The summed E-state index contributed by atoms with van der Waals surface area (Å²) in [5.41, 5.74) is 3.49. The fourth-order valence-electron chi connectivity index (χ4n) is 5.07. The number of aliphatic carboxylic acids is 1. The van der Waals surface area contributed by atoms with Gasteiger partial charge < -0.3 is 9.84 Å². The molecule has 1 amide bonds. The molecular formula is C24H25NO4S. The van der Waals surface area contributed by atoms with Crippen LogP contribution < -0.4 is 0 Å². The molecule has 2 unspecified atom stereocenters. The van der Waals surface area contributed by atoms with Gasteiger partial charge in [-0.2, -0.15) is 11.8 Å². The van der Waals surface area contributed by atoms with Gasteiger partial charge in [-0.3, -0.25) is 4.90 Å². The van der Waals surface area contributed by atoms with E-state index in [1.165, 1.54) is 11.1 Å². The molecule has 5 rings (SSSR count). The molecule has 2 fully saturated rings. The molecule has 1 N–H and O–H groups in total. The molecule has 2 atom stereocenters. The predicted octanol–water partition coefficient (Wildman–Crippen LogP) is 4.75. The second-order valence-electron chi connectivity index (χ2n) is 8.40. The van der Waals surface area contributed by atoms with E-state index in [0.29, 0.717) is 6.42 Å². The van der Waals surface area contributed by atoms with Gasteiger partial charge in [-0.15, -0.1) is 0 Å². The first kappa shape index (κ1) is 19.5. The molecule has 0 aromatic heterocycles. The van der Waals surface area contributed by atoms with Crippen molar-refractivity contribution in [3.05, 3.63) is 59.7 Å². The highest BCUT2D eigenvalue weighted by Crippen LogP contribution is 2.47. The minimum absolute atomic E-state index is 0.0291. The summed E-state index contributed by atoms with van der Waals surface area (Å²) in [6, 6.07) is 16.4. The number of carboxylic acids is 1. The van der Waals surface area contributed by atoms with E-state index in [0.717, 1.165) is 29.7 Å². The Morgan fingerprint density at radius 1 is 1.10 bits per heavy atom. The molecule has 3 aliphatic rings. The van der Waals surface area contributed by atoms with Crippen LogP contribution in [0.2, 0.25) is 0 Å². The molecule has 5 nitrogen and oxygen atoms in total. The molecule has 2 aliphatic carbocycles. The maximum Gasteiger partial charge on any atom is 0.411 e. The van der Waals surface area contributed by atoms with Crippen molar-refractivity contribution < 1.29 is 19.4 Å². The van der Waals surface area contributed by atoms with Crippen molar-refractivity contribution in [3.8, 4) is 11.1 Å². The molecule has 2 aromatic rings. The summed E-state index contributed by atoms with van der Waals surface area (Å²) < 4.78 is 5.85. The van der Waals surface area contributed by atoms with E-state index >= 15 is 0 Å². The molecule has 156 valence electrons. The van der Waals surface area contributed by atoms with Gasteiger partial charge in [0.05, 0.1) is 0 Å². The fourth-order valence-corrected chi connectivity index (χ4v) is 6.46. The van der Waals surface area contributed by atoms with Gasteiger partial charge in [0.1, 0.15) is 6.61 Å². The van der Waals surface area contributed by atoms with Crippen LogP contribution in [0.4, 0.5) is 4.79 Å². The minimum atomic E-state index is -1.17. The van der Waals surface area contributed by atoms with Gasteiger partial charge in [-0.1, -0.05) is 55.5 Å². The third kappa shape index (κ3) is 2.92. The Hall–Kier alpha value is -2.47. The molecule has 2 aromatic carbocycles. The molecule has 6 heteroatoms. The van der Waals surface area contributed by atoms with E-state index < -0.39 is 17.6 Å². The smallest absolute Gasteiger partial charge is 0.411 e. The van der Waals surface area contributed by atoms with Gasteiger partial charge in [0.15, 0.2) is 5.54 Å². The largest absolute Gasteiger partial charge is 0.479 e. The highest BCUT2D eigenvalue weighted by molar-refractivity contribution is 8.00. The number of amides is 1. The summed E-state index contributed by atoms with van der Waals surface area (Å²) in [5.74, 6) is -0.202. The minimum Gasteiger partial charge on any atom is -0.479 e. The van der Waals surface area contributed by atoms with Crippen LogP contribution in [0.15, 0.2) is 48.5 Å². The second kappa shape index (κ2) is 7.34. The summed E-state index contributed by atoms with van der Waals surface area (Å²) in [4.78, 5) is 27.2. The van der Waals surface area contributed by atoms with Gasteiger partial charge >= 0.3 is 12.1 Å². The van der Waals surface area contributed by atoms with Crippen LogP contribution >= 0.6 is 11.8 Å². The number of rotatable bonds is 5. The number of carbonyl (C=O) groups is 2. The number of nitrogens with zero attached hydrogens (tertiary/aromatic N) is 1. The van der Waals surface area contributed by atoms with Crippen LogP contribution in [0.3, 0.4) is 0 Å². The summed E-state index contributed by atoms with van der Waals surface area (Å²) in [7, 11) is 0. The number of carbonyl (C=O) groups excluding carboxylic acids is 1. The molecule has 30 heavy (non-hydrogen) atoms. The lowest BCUT2D eigenvalue weighted by atomic mass is 9.90. The lowest BCUT2D eigenvalue weighted by Gasteiger charge is -2.40. The quantitative estimate of drug-likeness (QED) is 0.752. The van der Waals surface area contributed by atoms with Crippen LogP contribution in [0.5, 0.6) is 0 Å². The molecule has 1 saturated heterocycles. The van der Waals surface area contributed by atoms with Gasteiger partial charge in [-0.05, 0) is 47.3 Å². The van der Waals surface area contributed by atoms with Crippen molar-refractivity contribution in [2.45, 2.75) is 48.9 Å². The first-order chi connectivity index (χ1) is 14.5. The molecule has 1 saturated carbocycles. The Morgan fingerprint density at radius 2 is 1.70 bits per heavy atom. The molecule has 0 bridgehead atoms. The van der Waals surface area contributed by atoms with Gasteiger partial charge in [0.25, 0.3) is 0 Å². The first-order valence-corrected chi connectivity index (χ1v) is 11.6. The lowest BCUT2D eigenvalue weighted by Crippen LogP contribution is -2.61. The van der Waals surface area contributed by atoms with Crippen LogP contribution in [0.1, 0.15) is 43.2 Å². The fraction of sp³-hybridized carbons (Fsp3) is 0.417. The van der Waals surface area contributed by atoms with Crippen LogP contribution in [0.25, 0.3) is 11.1 Å². The SMILES string of the molecule is CC1SCCC1(C(=O)O)N(C(=O)OCC1c2ccccc2-c2ccccc21)C1CC1. The van der Waals surface area contributed by atoms with E-state index in [1.54, 1.807) is 16.7 Å². The average molecular weight is 424 g/mol. The van der Waals surface area contributed by atoms with Crippen molar-refractivity contribution in [2.24, 2.45) is 0 Å². The van der Waals surface area contributed by atoms with Crippen molar-refractivity contribution in [2.75, 3.05) is 12.4 Å². The zero-order valence-electron chi connectivity index (χ0n) is 16.9. The normalized spacial score (nSPS) is 24.9. The standard InChI is InChI=1S/C24H25NO4S/c1-15-24(22(26)27,12-13-30-15)25(16-10-11-16)23(28)29-14-21-19-8-4-2-6-17(19)18-7-3-5-9-20(18)21/h2-9,15-16,21H,10-14H2,1H3,(H,26,27). The Labute approximate surface area is 180 Å². The third-order valence-electron chi connectivity index (χ3n) is 6.77. The van der Waals surface area contributed by atoms with Crippen molar-refractivity contribution in [3.63, 3.8) is 0 Å². The van der Waals surface area contributed by atoms with Gasteiger partial charge in [0.2, 0.25) is 0 Å². The maximum atomic E-state index is 13.3. The van der Waals surface area contributed by atoms with E-state index in [9.17, 15) is 14.7 Å². The number of benzene rings is 2. The zero-order chi connectivity index (χ0) is 20.9. The molecule has 1 aliphatic heterocycles. The van der Waals surface area contributed by atoms with E-state index in [1.807, 2.05) is 31.2 Å². The first-order valence-electron chi connectivity index (χ1n) is 10.5. The number of hydrogen-bond acceptors (Lipinski definition) is 4. The number of hydrogen-bond donors (Lipinski definition) is 1. The number of fused-ring (bicyclic) bond motifs is 3. The van der Waals surface area contributed by atoms with E-state index in [2.05, 4.69) is 24.3 Å². The Kier molecular flexibility index (Phi) is 4.77. The Bertz CT molecular complexity index is 959. The predicted molar refractivity (Wildman–Crippen MR) is 117 cm³/mol. The molecule has 0 spiro atoms. The molecular weight excluding hydrogens is 398 g/mol. The summed E-state index contributed by atoms with van der Waals surface area (Å²) in [6.45, 7) is 2.13. The second-order valence-corrected chi connectivity index (χ2v) is 9.85. The van der Waals surface area contributed by atoms with Crippen molar-refractivity contribution >= 4 is 23.8 Å².